The van der Waals surface area contributed by atoms with E-state index < -0.39 is 0 Å². The Bertz CT molecular complexity index is 594. The summed E-state index contributed by atoms with van der Waals surface area (Å²) in [5.41, 5.74) is 3.47. The van der Waals surface area contributed by atoms with E-state index >= 15 is 0 Å². The highest BCUT2D eigenvalue weighted by atomic mass is 16.5. The zero-order valence-corrected chi connectivity index (χ0v) is 15.2. The van der Waals surface area contributed by atoms with E-state index in [1.54, 1.807) is 7.11 Å². The van der Waals surface area contributed by atoms with Crippen LogP contribution in [0, 0.1) is 0 Å². The Hall–Kier alpha value is -1.70. The van der Waals surface area contributed by atoms with Crippen molar-refractivity contribution in [2.24, 2.45) is 0 Å². The van der Waals surface area contributed by atoms with Gasteiger partial charge in [-0.25, -0.2) is 0 Å². The van der Waals surface area contributed by atoms with Crippen molar-refractivity contribution in [2.45, 2.75) is 65.4 Å². The topological polar surface area (TPSA) is 18.5 Å². The molecule has 0 aliphatic carbocycles. The van der Waals surface area contributed by atoms with Crippen LogP contribution in [0.25, 0.3) is 6.08 Å². The number of aryl methyl sites for hydroxylation is 1. The molecule has 0 radical (unpaired) electrons. The Labute approximate surface area is 141 Å². The van der Waals surface area contributed by atoms with Crippen LogP contribution in [0.15, 0.2) is 29.9 Å². The van der Waals surface area contributed by atoms with Crippen molar-refractivity contribution in [2.75, 3.05) is 7.11 Å². The van der Waals surface area contributed by atoms with Gasteiger partial charge in [0.05, 0.1) is 12.7 Å². The lowest BCUT2D eigenvalue weighted by molar-refractivity contribution is 0.128. The molecule has 1 heterocycles. The van der Waals surface area contributed by atoms with Gasteiger partial charge in [-0.15, -0.1) is 0 Å². The summed E-state index contributed by atoms with van der Waals surface area (Å²) in [6.45, 7) is 8.66. The van der Waals surface area contributed by atoms with Crippen LogP contribution in [0.3, 0.4) is 0 Å². The molecular weight excluding hydrogens is 284 g/mol. The summed E-state index contributed by atoms with van der Waals surface area (Å²) in [7, 11) is 1.73. The molecule has 0 saturated heterocycles. The minimum Gasteiger partial charge on any atom is -0.496 e. The molecule has 2 heteroatoms. The fourth-order valence-electron chi connectivity index (χ4n) is 2.92. The van der Waals surface area contributed by atoms with E-state index in [1.165, 1.54) is 24.0 Å². The van der Waals surface area contributed by atoms with Crippen molar-refractivity contribution >= 4 is 6.08 Å². The quantitative estimate of drug-likeness (QED) is 0.579. The molecule has 0 fully saturated rings. The maximum absolute atomic E-state index is 6.37. The van der Waals surface area contributed by atoms with E-state index in [0.29, 0.717) is 0 Å². The number of rotatable bonds is 7. The molecule has 0 aromatic heterocycles. The summed E-state index contributed by atoms with van der Waals surface area (Å²) in [6, 6.07) is 4.34. The van der Waals surface area contributed by atoms with E-state index in [2.05, 4.69) is 58.1 Å². The van der Waals surface area contributed by atoms with Crippen molar-refractivity contribution in [1.29, 1.82) is 0 Å². The van der Waals surface area contributed by atoms with Gasteiger partial charge in [0.15, 0.2) is 0 Å². The van der Waals surface area contributed by atoms with Crippen LogP contribution in [0.5, 0.6) is 11.5 Å². The third-order valence-corrected chi connectivity index (χ3v) is 4.34. The van der Waals surface area contributed by atoms with Gasteiger partial charge in [0, 0.05) is 0 Å². The minimum atomic E-state index is -0.243. The van der Waals surface area contributed by atoms with Crippen LogP contribution in [-0.4, -0.2) is 12.7 Å². The fraction of sp³-hybridized carbons (Fsp3) is 0.524. The maximum Gasteiger partial charge on any atom is 0.131 e. The third kappa shape index (κ3) is 4.63. The average molecular weight is 314 g/mol. The summed E-state index contributed by atoms with van der Waals surface area (Å²) in [5.74, 6) is 1.87. The first-order chi connectivity index (χ1) is 11.0. The number of hydrogen-bond donors (Lipinski definition) is 0. The predicted molar refractivity (Wildman–Crippen MR) is 98.3 cm³/mol. The van der Waals surface area contributed by atoms with Crippen LogP contribution in [0.4, 0.5) is 0 Å². The van der Waals surface area contributed by atoms with E-state index in [-0.39, 0.29) is 5.60 Å². The molecule has 1 aromatic carbocycles. The number of methoxy groups -OCH3 is 1. The smallest absolute Gasteiger partial charge is 0.131 e. The minimum absolute atomic E-state index is 0.243. The summed E-state index contributed by atoms with van der Waals surface area (Å²) in [6.07, 6.45) is 12.1. The summed E-state index contributed by atoms with van der Waals surface area (Å²) in [5, 5.41) is 0. The van der Waals surface area contributed by atoms with Gasteiger partial charge in [0.25, 0.3) is 0 Å². The second kappa shape index (κ2) is 7.72. The molecule has 0 amide bonds. The Morgan fingerprint density at radius 1 is 1.30 bits per heavy atom. The van der Waals surface area contributed by atoms with Crippen molar-refractivity contribution in [3.8, 4) is 11.5 Å². The standard InChI is InChI=1S/C21H30O2/c1-6-7-10-17-14-19(22-5)18-11-13-21(4,23-20(18)15-17)12-8-9-16(2)3/h9,11,13-15H,6-8,10,12H2,1-5H3. The summed E-state index contributed by atoms with van der Waals surface area (Å²) in [4.78, 5) is 0. The number of unbranched alkanes of at least 4 members (excludes halogenated alkanes) is 1. The lowest BCUT2D eigenvalue weighted by atomic mass is 9.93. The van der Waals surface area contributed by atoms with Gasteiger partial charge in [0.1, 0.15) is 17.1 Å². The van der Waals surface area contributed by atoms with Gasteiger partial charge < -0.3 is 9.47 Å². The lowest BCUT2D eigenvalue weighted by Gasteiger charge is -2.32. The van der Waals surface area contributed by atoms with Gasteiger partial charge in [0.2, 0.25) is 0 Å². The van der Waals surface area contributed by atoms with Gasteiger partial charge >= 0.3 is 0 Å². The van der Waals surface area contributed by atoms with Gasteiger partial charge in [-0.3, -0.25) is 0 Å². The van der Waals surface area contributed by atoms with E-state index in [4.69, 9.17) is 9.47 Å². The Balaban J connectivity index is 2.22. The molecule has 1 aromatic rings. The maximum atomic E-state index is 6.37. The Kier molecular flexibility index (Phi) is 5.92. The molecule has 2 rings (SSSR count). The first-order valence-electron chi connectivity index (χ1n) is 8.70. The molecule has 126 valence electrons. The molecule has 0 spiro atoms. The van der Waals surface area contributed by atoms with Crippen molar-refractivity contribution in [3.05, 3.63) is 41.0 Å². The van der Waals surface area contributed by atoms with Crippen molar-refractivity contribution < 1.29 is 9.47 Å². The Morgan fingerprint density at radius 2 is 2.09 bits per heavy atom. The molecule has 23 heavy (non-hydrogen) atoms. The van der Waals surface area contributed by atoms with Crippen LogP contribution in [0.2, 0.25) is 0 Å². The van der Waals surface area contributed by atoms with Crippen molar-refractivity contribution in [1.82, 2.24) is 0 Å². The monoisotopic (exact) mass is 314 g/mol. The normalized spacial score (nSPS) is 19.0. The number of allylic oxidation sites excluding steroid dienone is 2. The van der Waals surface area contributed by atoms with E-state index in [0.717, 1.165) is 36.3 Å². The van der Waals surface area contributed by atoms with Gasteiger partial charge in [-0.1, -0.05) is 25.0 Å². The molecule has 0 bridgehead atoms. The van der Waals surface area contributed by atoms with Crippen LogP contribution >= 0.6 is 0 Å². The first-order valence-corrected chi connectivity index (χ1v) is 8.70. The summed E-state index contributed by atoms with van der Waals surface area (Å²) >= 11 is 0. The number of fused-ring (bicyclic) bond motifs is 1. The average Bonchev–Trinajstić information content (AvgIpc) is 2.51. The number of ether oxygens (including phenoxy) is 2. The highest BCUT2D eigenvalue weighted by Crippen LogP contribution is 2.39. The number of benzene rings is 1. The molecule has 2 nitrogen and oxygen atoms in total. The molecule has 1 unspecified atom stereocenters. The fourth-order valence-corrected chi connectivity index (χ4v) is 2.92. The molecule has 1 aliphatic heterocycles. The van der Waals surface area contributed by atoms with Crippen LogP contribution in [0.1, 0.15) is 64.5 Å². The van der Waals surface area contributed by atoms with Gasteiger partial charge in [-0.2, -0.15) is 0 Å². The Morgan fingerprint density at radius 3 is 2.74 bits per heavy atom. The molecular formula is C21H30O2. The first kappa shape index (κ1) is 17.7. The molecule has 0 N–H and O–H groups in total. The van der Waals surface area contributed by atoms with E-state index in [1.807, 2.05) is 0 Å². The zero-order chi connectivity index (χ0) is 16.9. The highest BCUT2D eigenvalue weighted by Gasteiger charge is 2.28. The number of hydrogen-bond acceptors (Lipinski definition) is 2. The van der Waals surface area contributed by atoms with E-state index in [9.17, 15) is 0 Å². The summed E-state index contributed by atoms with van der Waals surface area (Å²) < 4.78 is 11.9. The lowest BCUT2D eigenvalue weighted by Crippen LogP contribution is -2.31. The highest BCUT2D eigenvalue weighted by molar-refractivity contribution is 5.68. The zero-order valence-electron chi connectivity index (χ0n) is 15.2. The third-order valence-electron chi connectivity index (χ3n) is 4.34. The van der Waals surface area contributed by atoms with Crippen molar-refractivity contribution in [3.63, 3.8) is 0 Å². The second-order valence-electron chi connectivity index (χ2n) is 6.88. The van der Waals surface area contributed by atoms with Crippen LogP contribution < -0.4 is 9.47 Å². The second-order valence-corrected chi connectivity index (χ2v) is 6.88. The molecule has 0 saturated carbocycles. The predicted octanol–water partition coefficient (Wildman–Crippen LogP) is 5.95. The molecule has 1 atom stereocenters. The van der Waals surface area contributed by atoms with Gasteiger partial charge in [-0.05, 0) is 76.3 Å². The SMILES string of the molecule is CCCCc1cc(OC)c2c(c1)OC(C)(CCC=C(C)C)C=C2. The van der Waals surface area contributed by atoms with Crippen LogP contribution in [-0.2, 0) is 6.42 Å². The largest absolute Gasteiger partial charge is 0.496 e. The molecule has 1 aliphatic rings.